The van der Waals surface area contributed by atoms with Gasteiger partial charge in [0.2, 0.25) is 0 Å². The van der Waals surface area contributed by atoms with Crippen molar-refractivity contribution < 1.29 is 14.0 Å². The Morgan fingerprint density at radius 1 is 1.20 bits per heavy atom. The maximum Gasteiger partial charge on any atom is 0.323 e. The van der Waals surface area contributed by atoms with Gasteiger partial charge in [-0.2, -0.15) is 0 Å². The van der Waals surface area contributed by atoms with Gasteiger partial charge in [-0.15, -0.1) is 0 Å². The minimum Gasteiger partial charge on any atom is -0.460 e. The Labute approximate surface area is 122 Å². The molecule has 1 aromatic carbocycles. The fraction of sp³-hybridized carbons (Fsp3) is 0.562. The van der Waals surface area contributed by atoms with Gasteiger partial charge in [-0.3, -0.25) is 4.79 Å². The van der Waals surface area contributed by atoms with Crippen LogP contribution in [0.4, 0.5) is 0 Å². The van der Waals surface area contributed by atoms with Crippen molar-refractivity contribution in [2.24, 2.45) is 5.73 Å². The number of quaternary nitrogens is 1. The molecular weight excluding hydrogens is 252 g/mol. The molecular formula is C16H27N2O2+. The van der Waals surface area contributed by atoms with Gasteiger partial charge >= 0.3 is 5.97 Å². The van der Waals surface area contributed by atoms with Gasteiger partial charge in [0.05, 0.1) is 27.7 Å². The van der Waals surface area contributed by atoms with E-state index >= 15 is 0 Å². The van der Waals surface area contributed by atoms with Crippen molar-refractivity contribution in [3.8, 4) is 0 Å². The Morgan fingerprint density at radius 3 is 2.45 bits per heavy atom. The normalized spacial score (nSPS) is 13.0. The van der Waals surface area contributed by atoms with Crippen LogP contribution in [0.1, 0.15) is 24.8 Å². The molecule has 0 radical (unpaired) electrons. The van der Waals surface area contributed by atoms with Gasteiger partial charge < -0.3 is 15.0 Å². The second kappa shape index (κ2) is 8.02. The Morgan fingerprint density at radius 2 is 1.85 bits per heavy atom. The molecule has 1 atom stereocenters. The van der Waals surface area contributed by atoms with Crippen molar-refractivity contribution in [1.29, 1.82) is 0 Å². The molecule has 0 bridgehead atoms. The molecule has 20 heavy (non-hydrogen) atoms. The lowest BCUT2D eigenvalue weighted by Crippen LogP contribution is -2.36. The molecule has 0 aliphatic rings. The summed E-state index contributed by atoms with van der Waals surface area (Å²) in [7, 11) is 6.48. The summed E-state index contributed by atoms with van der Waals surface area (Å²) in [6.45, 7) is 1.39. The quantitative estimate of drug-likeness (QED) is 0.449. The number of carbonyl (C=O) groups is 1. The van der Waals surface area contributed by atoms with E-state index in [1.165, 1.54) is 0 Å². The number of nitrogens with zero attached hydrogens (tertiary/aromatic N) is 1. The molecule has 1 aromatic rings. The number of hydrogen-bond acceptors (Lipinski definition) is 3. The van der Waals surface area contributed by atoms with Gasteiger partial charge in [-0.25, -0.2) is 0 Å². The van der Waals surface area contributed by atoms with Gasteiger partial charge in [0.25, 0.3) is 0 Å². The first kappa shape index (κ1) is 16.7. The van der Waals surface area contributed by atoms with E-state index in [0.717, 1.165) is 29.4 Å². The summed E-state index contributed by atoms with van der Waals surface area (Å²) in [5.41, 5.74) is 6.84. The molecule has 1 rings (SSSR count). The number of carbonyl (C=O) groups excluding carboxylic acids is 1. The van der Waals surface area contributed by atoms with Gasteiger partial charge in [-0.05, 0) is 24.8 Å². The SMILES string of the molecule is C[N+](C)(C)CCCC[C@H](N)C(=O)OCc1ccccc1. The van der Waals surface area contributed by atoms with E-state index in [0.29, 0.717) is 13.0 Å². The van der Waals surface area contributed by atoms with Crippen molar-refractivity contribution >= 4 is 5.97 Å². The largest absolute Gasteiger partial charge is 0.460 e. The zero-order valence-corrected chi connectivity index (χ0v) is 12.8. The van der Waals surface area contributed by atoms with Crippen LogP contribution >= 0.6 is 0 Å². The summed E-state index contributed by atoms with van der Waals surface area (Å²) in [6.07, 6.45) is 2.72. The number of nitrogens with two attached hydrogens (primary N) is 1. The first-order valence-corrected chi connectivity index (χ1v) is 7.15. The van der Waals surface area contributed by atoms with E-state index in [9.17, 15) is 4.79 Å². The number of unbranched alkanes of at least 4 members (excludes halogenated alkanes) is 1. The molecule has 0 amide bonds. The highest BCUT2D eigenvalue weighted by atomic mass is 16.5. The molecule has 112 valence electrons. The van der Waals surface area contributed by atoms with Crippen molar-refractivity contribution in [3.63, 3.8) is 0 Å². The Balaban J connectivity index is 2.19. The summed E-state index contributed by atoms with van der Waals surface area (Å²) in [4.78, 5) is 11.8. The first-order valence-electron chi connectivity index (χ1n) is 7.15. The lowest BCUT2D eigenvalue weighted by Gasteiger charge is -2.23. The molecule has 0 heterocycles. The second-order valence-corrected chi connectivity index (χ2v) is 6.21. The smallest absolute Gasteiger partial charge is 0.323 e. The lowest BCUT2D eigenvalue weighted by molar-refractivity contribution is -0.870. The third kappa shape index (κ3) is 7.26. The molecule has 0 spiro atoms. The van der Waals surface area contributed by atoms with Gasteiger partial charge in [0.1, 0.15) is 12.6 Å². The van der Waals surface area contributed by atoms with Gasteiger partial charge in [0.15, 0.2) is 0 Å². The predicted octanol–water partition coefficient (Wildman–Crippen LogP) is 1.93. The number of esters is 1. The number of benzene rings is 1. The van der Waals surface area contributed by atoms with Crippen LogP contribution in [0.5, 0.6) is 0 Å². The Hall–Kier alpha value is -1.39. The van der Waals surface area contributed by atoms with E-state index < -0.39 is 6.04 Å². The minimum absolute atomic E-state index is 0.298. The van der Waals surface area contributed by atoms with E-state index in [2.05, 4.69) is 21.1 Å². The van der Waals surface area contributed by atoms with Crippen LogP contribution < -0.4 is 5.73 Å². The number of rotatable bonds is 8. The zero-order valence-electron chi connectivity index (χ0n) is 12.8. The fourth-order valence-corrected chi connectivity index (χ4v) is 1.90. The Kier molecular flexibility index (Phi) is 6.68. The van der Waals surface area contributed by atoms with Crippen LogP contribution in [0.15, 0.2) is 30.3 Å². The molecule has 0 saturated heterocycles. The van der Waals surface area contributed by atoms with Crippen LogP contribution in [0.2, 0.25) is 0 Å². The minimum atomic E-state index is -0.508. The zero-order chi connectivity index (χ0) is 15.0. The van der Waals surface area contributed by atoms with E-state index in [-0.39, 0.29) is 5.97 Å². The summed E-state index contributed by atoms with van der Waals surface area (Å²) in [5, 5.41) is 0. The maximum absolute atomic E-state index is 11.8. The van der Waals surface area contributed by atoms with Crippen molar-refractivity contribution in [2.45, 2.75) is 31.9 Å². The van der Waals surface area contributed by atoms with Crippen LogP contribution in [-0.2, 0) is 16.1 Å². The molecule has 2 N–H and O–H groups in total. The lowest BCUT2D eigenvalue weighted by atomic mass is 10.1. The average molecular weight is 279 g/mol. The highest BCUT2D eigenvalue weighted by molar-refractivity contribution is 5.75. The molecule has 0 aliphatic carbocycles. The average Bonchev–Trinajstić information content (AvgIpc) is 2.40. The summed E-state index contributed by atoms with van der Waals surface area (Å²) >= 11 is 0. The maximum atomic E-state index is 11.8. The third-order valence-electron chi connectivity index (χ3n) is 3.12. The monoisotopic (exact) mass is 279 g/mol. The molecule has 0 fully saturated rings. The Bertz CT molecular complexity index is 399. The summed E-state index contributed by atoms with van der Waals surface area (Å²) in [5.74, 6) is -0.306. The molecule has 0 unspecified atom stereocenters. The van der Waals surface area contributed by atoms with Gasteiger partial charge in [-0.1, -0.05) is 30.3 Å². The van der Waals surface area contributed by atoms with Crippen LogP contribution in [0, 0.1) is 0 Å². The van der Waals surface area contributed by atoms with E-state index in [4.69, 9.17) is 10.5 Å². The fourth-order valence-electron chi connectivity index (χ4n) is 1.90. The van der Waals surface area contributed by atoms with Crippen molar-refractivity contribution in [3.05, 3.63) is 35.9 Å². The molecule has 0 aliphatic heterocycles. The van der Waals surface area contributed by atoms with Crippen LogP contribution in [-0.4, -0.2) is 44.2 Å². The second-order valence-electron chi connectivity index (χ2n) is 6.21. The first-order chi connectivity index (χ1) is 9.38. The van der Waals surface area contributed by atoms with E-state index in [1.54, 1.807) is 0 Å². The van der Waals surface area contributed by atoms with Crippen molar-refractivity contribution in [1.82, 2.24) is 0 Å². The highest BCUT2D eigenvalue weighted by Gasteiger charge is 2.15. The van der Waals surface area contributed by atoms with Gasteiger partial charge in [0, 0.05) is 0 Å². The molecule has 4 nitrogen and oxygen atoms in total. The topological polar surface area (TPSA) is 52.3 Å². The van der Waals surface area contributed by atoms with Crippen LogP contribution in [0.3, 0.4) is 0 Å². The molecule has 0 aromatic heterocycles. The standard InChI is InChI=1S/C16H27N2O2/c1-18(2,3)12-8-7-11-15(17)16(19)20-13-14-9-5-4-6-10-14/h4-6,9-10,15H,7-8,11-13,17H2,1-3H3/q+1/t15-/m0/s1. The number of ether oxygens (including phenoxy) is 1. The molecule has 0 saturated carbocycles. The van der Waals surface area contributed by atoms with Crippen LogP contribution in [0.25, 0.3) is 0 Å². The summed E-state index contributed by atoms with van der Waals surface area (Å²) in [6, 6.07) is 9.14. The number of hydrogen-bond donors (Lipinski definition) is 1. The van der Waals surface area contributed by atoms with Crippen molar-refractivity contribution in [2.75, 3.05) is 27.7 Å². The van der Waals surface area contributed by atoms with E-state index in [1.807, 2.05) is 30.3 Å². The molecule has 4 heteroatoms. The third-order valence-corrected chi connectivity index (χ3v) is 3.12. The predicted molar refractivity (Wildman–Crippen MR) is 81.0 cm³/mol. The highest BCUT2D eigenvalue weighted by Crippen LogP contribution is 2.06. The summed E-state index contributed by atoms with van der Waals surface area (Å²) < 4.78 is 6.16.